The number of aliphatic carboxylic acids is 1. The van der Waals surface area contributed by atoms with Crippen molar-refractivity contribution in [1.29, 1.82) is 0 Å². The molecule has 2 rings (SSSR count). The van der Waals surface area contributed by atoms with Crippen molar-refractivity contribution in [1.82, 2.24) is 20.2 Å². The molecule has 6 heteroatoms. The number of nitrogens with zero attached hydrogens (tertiary/aromatic N) is 4. The third-order valence-electron chi connectivity index (χ3n) is 2.93. The monoisotopic (exact) mass is 196 g/mol. The van der Waals surface area contributed by atoms with Crippen molar-refractivity contribution in [2.24, 2.45) is 5.41 Å². The van der Waals surface area contributed by atoms with Gasteiger partial charge in [0.25, 0.3) is 0 Å². The Kier molecular flexibility index (Phi) is 1.98. The molecule has 1 aromatic rings. The number of carbonyl (C=O) groups is 1. The highest BCUT2D eigenvalue weighted by atomic mass is 16.4. The molecule has 1 saturated carbocycles. The van der Waals surface area contributed by atoms with Crippen LogP contribution in [0.3, 0.4) is 0 Å². The topological polar surface area (TPSA) is 80.9 Å². The molecule has 0 atom stereocenters. The number of rotatable bonds is 3. The summed E-state index contributed by atoms with van der Waals surface area (Å²) in [5, 5.41) is 20.1. The highest BCUT2D eigenvalue weighted by Crippen LogP contribution is 2.42. The predicted molar refractivity (Wildman–Crippen MR) is 46.5 cm³/mol. The molecule has 6 nitrogen and oxygen atoms in total. The third-order valence-corrected chi connectivity index (χ3v) is 2.93. The molecule has 0 aliphatic heterocycles. The van der Waals surface area contributed by atoms with Crippen LogP contribution < -0.4 is 0 Å². The fourth-order valence-corrected chi connectivity index (χ4v) is 1.73. The number of carboxylic acids is 1. The van der Waals surface area contributed by atoms with Gasteiger partial charge < -0.3 is 5.11 Å². The Morgan fingerprint density at radius 3 is 2.71 bits per heavy atom. The van der Waals surface area contributed by atoms with E-state index < -0.39 is 11.4 Å². The van der Waals surface area contributed by atoms with Crippen LogP contribution in [-0.4, -0.2) is 31.3 Å². The van der Waals surface area contributed by atoms with Gasteiger partial charge in [0.05, 0.1) is 12.0 Å². The summed E-state index contributed by atoms with van der Waals surface area (Å²) in [6, 6.07) is 0. The summed E-state index contributed by atoms with van der Waals surface area (Å²) in [5.41, 5.74) is -0.625. The molecule has 0 bridgehead atoms. The number of tetrazole rings is 1. The van der Waals surface area contributed by atoms with Crippen LogP contribution in [0.25, 0.3) is 0 Å². The van der Waals surface area contributed by atoms with E-state index in [2.05, 4.69) is 15.5 Å². The van der Waals surface area contributed by atoms with Gasteiger partial charge in [-0.15, -0.1) is 5.10 Å². The highest BCUT2D eigenvalue weighted by Gasteiger charge is 2.45. The van der Waals surface area contributed by atoms with E-state index >= 15 is 0 Å². The molecule has 0 spiro atoms. The van der Waals surface area contributed by atoms with Crippen molar-refractivity contribution in [3.63, 3.8) is 0 Å². The van der Waals surface area contributed by atoms with Crippen LogP contribution >= 0.6 is 0 Å². The summed E-state index contributed by atoms with van der Waals surface area (Å²) in [7, 11) is 0. The second-order valence-electron chi connectivity index (χ2n) is 3.82. The fourth-order valence-electron chi connectivity index (χ4n) is 1.73. The van der Waals surface area contributed by atoms with Crippen LogP contribution in [0.15, 0.2) is 0 Å². The number of hydrogen-bond donors (Lipinski definition) is 1. The molecule has 0 radical (unpaired) electrons. The normalized spacial score (nSPS) is 18.9. The zero-order valence-electron chi connectivity index (χ0n) is 7.97. The zero-order chi connectivity index (χ0) is 10.2. The van der Waals surface area contributed by atoms with E-state index in [1.807, 2.05) is 0 Å². The van der Waals surface area contributed by atoms with Crippen LogP contribution in [-0.2, 0) is 11.3 Å². The van der Waals surface area contributed by atoms with Gasteiger partial charge in [-0.2, -0.15) is 0 Å². The first-order valence-corrected chi connectivity index (χ1v) is 4.60. The molecule has 1 N–H and O–H groups in total. The average molecular weight is 196 g/mol. The molecule has 0 saturated heterocycles. The molecular weight excluding hydrogens is 184 g/mol. The van der Waals surface area contributed by atoms with E-state index in [1.54, 1.807) is 11.6 Å². The van der Waals surface area contributed by atoms with Gasteiger partial charge in [-0.25, -0.2) is 4.68 Å². The van der Waals surface area contributed by atoms with Gasteiger partial charge in [0.15, 0.2) is 0 Å². The van der Waals surface area contributed by atoms with E-state index in [-0.39, 0.29) is 0 Å². The first-order valence-electron chi connectivity index (χ1n) is 4.60. The molecule has 1 heterocycles. The minimum Gasteiger partial charge on any atom is -0.481 e. The van der Waals surface area contributed by atoms with Gasteiger partial charge in [-0.3, -0.25) is 4.79 Å². The second-order valence-corrected chi connectivity index (χ2v) is 3.82. The van der Waals surface area contributed by atoms with Crippen LogP contribution in [0.5, 0.6) is 0 Å². The Morgan fingerprint density at radius 2 is 2.36 bits per heavy atom. The Morgan fingerprint density at radius 1 is 1.64 bits per heavy atom. The van der Waals surface area contributed by atoms with Crippen LogP contribution in [0.1, 0.15) is 25.1 Å². The average Bonchev–Trinajstić information content (AvgIpc) is 2.43. The Hall–Kier alpha value is -1.46. The van der Waals surface area contributed by atoms with E-state index in [0.717, 1.165) is 19.3 Å². The first kappa shape index (κ1) is 9.11. The quantitative estimate of drug-likeness (QED) is 0.748. The number of aryl methyl sites for hydroxylation is 1. The fraction of sp³-hybridized carbons (Fsp3) is 0.750. The Labute approximate surface area is 80.9 Å². The lowest BCUT2D eigenvalue weighted by atomic mass is 9.69. The van der Waals surface area contributed by atoms with Gasteiger partial charge in [0.1, 0.15) is 5.82 Å². The van der Waals surface area contributed by atoms with Crippen molar-refractivity contribution < 1.29 is 9.90 Å². The lowest BCUT2D eigenvalue weighted by molar-refractivity contribution is -0.156. The first-order chi connectivity index (χ1) is 6.64. The van der Waals surface area contributed by atoms with Gasteiger partial charge in [0.2, 0.25) is 0 Å². The van der Waals surface area contributed by atoms with Gasteiger partial charge in [0, 0.05) is 0 Å². The van der Waals surface area contributed by atoms with E-state index in [4.69, 9.17) is 5.11 Å². The largest absolute Gasteiger partial charge is 0.481 e. The van der Waals surface area contributed by atoms with E-state index in [0.29, 0.717) is 12.4 Å². The predicted octanol–water partition coefficient (Wildman–Crippen LogP) is 0.236. The van der Waals surface area contributed by atoms with E-state index in [1.165, 1.54) is 0 Å². The summed E-state index contributed by atoms with van der Waals surface area (Å²) in [4.78, 5) is 11.1. The van der Waals surface area contributed by atoms with Crippen molar-refractivity contribution in [2.75, 3.05) is 0 Å². The third kappa shape index (κ3) is 1.26. The molecule has 0 aromatic carbocycles. The smallest absolute Gasteiger partial charge is 0.311 e. The highest BCUT2D eigenvalue weighted by molar-refractivity contribution is 5.75. The van der Waals surface area contributed by atoms with Crippen molar-refractivity contribution in [2.45, 2.75) is 32.7 Å². The number of carboxylic acid groups (broad SMARTS) is 1. The summed E-state index contributed by atoms with van der Waals surface area (Å²) in [5.74, 6) is -0.0730. The van der Waals surface area contributed by atoms with Gasteiger partial charge in [-0.1, -0.05) is 6.42 Å². The van der Waals surface area contributed by atoms with Crippen molar-refractivity contribution in [3.05, 3.63) is 5.82 Å². The van der Waals surface area contributed by atoms with Crippen LogP contribution in [0.4, 0.5) is 0 Å². The Balaban J connectivity index is 2.17. The molecule has 0 unspecified atom stereocenters. The lowest BCUT2D eigenvalue weighted by Gasteiger charge is -2.37. The minimum atomic E-state index is -0.737. The maximum Gasteiger partial charge on any atom is 0.311 e. The number of hydrogen-bond acceptors (Lipinski definition) is 4. The van der Waals surface area contributed by atoms with E-state index in [9.17, 15) is 4.79 Å². The Bertz CT molecular complexity index is 356. The second kappa shape index (κ2) is 3.04. The molecule has 76 valence electrons. The van der Waals surface area contributed by atoms with Crippen LogP contribution in [0, 0.1) is 12.3 Å². The lowest BCUT2D eigenvalue weighted by Crippen LogP contribution is -2.42. The summed E-state index contributed by atoms with van der Waals surface area (Å²) >= 11 is 0. The SMILES string of the molecule is Cc1nnnn1CC1(C(=O)O)CCC1. The maximum absolute atomic E-state index is 11.1. The molecule has 0 amide bonds. The molecular formula is C8H12N4O2. The summed E-state index contributed by atoms with van der Waals surface area (Å²) in [6.45, 7) is 2.16. The molecule has 1 aliphatic rings. The van der Waals surface area contributed by atoms with Crippen molar-refractivity contribution >= 4 is 5.97 Å². The van der Waals surface area contributed by atoms with Crippen LogP contribution in [0.2, 0.25) is 0 Å². The molecule has 14 heavy (non-hydrogen) atoms. The zero-order valence-corrected chi connectivity index (χ0v) is 7.97. The summed E-state index contributed by atoms with van der Waals surface area (Å²) < 4.78 is 1.56. The standard InChI is InChI=1S/C8H12N4O2/c1-6-9-10-11-12(6)5-8(7(13)14)3-2-4-8/h2-5H2,1H3,(H,13,14). The van der Waals surface area contributed by atoms with Gasteiger partial charge >= 0.3 is 5.97 Å². The molecule has 1 aliphatic carbocycles. The summed E-state index contributed by atoms with van der Waals surface area (Å²) in [6.07, 6.45) is 2.43. The molecule has 1 fully saturated rings. The van der Waals surface area contributed by atoms with Gasteiger partial charge in [-0.05, 0) is 30.2 Å². The number of aromatic nitrogens is 4. The molecule has 1 aromatic heterocycles. The minimum absolute atomic E-state index is 0.390. The maximum atomic E-state index is 11.1. The van der Waals surface area contributed by atoms with Crippen molar-refractivity contribution in [3.8, 4) is 0 Å².